The first kappa shape index (κ1) is 27.4. The summed E-state index contributed by atoms with van der Waals surface area (Å²) in [6, 6.07) is 15.1. The van der Waals surface area contributed by atoms with Crippen LogP contribution in [0.5, 0.6) is 5.75 Å². The summed E-state index contributed by atoms with van der Waals surface area (Å²) in [5.41, 5.74) is 0.321. The Labute approximate surface area is 232 Å². The van der Waals surface area contributed by atoms with Crippen LogP contribution in [0, 0.1) is 11.3 Å². The SMILES string of the molecule is CN(C(=O)c1cccc(-n2nc(C(F)(F)F)c3c2C(Oc2ccc(C(=O)O)cc2)CCC3)c1)c1cncc(C#N)c1. The van der Waals surface area contributed by atoms with Gasteiger partial charge in [-0.05, 0) is 67.8 Å². The summed E-state index contributed by atoms with van der Waals surface area (Å²) in [5.74, 6) is -1.28. The van der Waals surface area contributed by atoms with Gasteiger partial charge in [0.15, 0.2) is 5.69 Å². The first-order valence-corrected chi connectivity index (χ1v) is 12.5. The number of fused-ring (bicyclic) bond motifs is 1. The number of nitrogens with zero attached hydrogens (tertiary/aromatic N) is 5. The maximum absolute atomic E-state index is 14.1. The van der Waals surface area contributed by atoms with Crippen LogP contribution in [0.25, 0.3) is 5.69 Å². The third-order valence-corrected chi connectivity index (χ3v) is 6.75. The number of aromatic carboxylic acids is 1. The van der Waals surface area contributed by atoms with E-state index in [0.717, 1.165) is 0 Å². The van der Waals surface area contributed by atoms with Crippen molar-refractivity contribution in [2.75, 3.05) is 11.9 Å². The molecule has 0 saturated heterocycles. The Morgan fingerprint density at radius 2 is 1.88 bits per heavy atom. The summed E-state index contributed by atoms with van der Waals surface area (Å²) in [6.45, 7) is 0. The molecule has 0 aliphatic heterocycles. The summed E-state index contributed by atoms with van der Waals surface area (Å²) < 4.78 is 49.5. The second kappa shape index (κ2) is 10.8. The van der Waals surface area contributed by atoms with Crippen molar-refractivity contribution in [1.29, 1.82) is 5.26 Å². The van der Waals surface area contributed by atoms with Gasteiger partial charge in [0.2, 0.25) is 0 Å². The lowest BCUT2D eigenvalue weighted by Gasteiger charge is -2.26. The van der Waals surface area contributed by atoms with Crippen molar-refractivity contribution in [3.8, 4) is 17.5 Å². The molecule has 1 aliphatic carbocycles. The molecule has 2 aromatic carbocycles. The molecule has 1 atom stereocenters. The Bertz CT molecular complexity index is 1680. The number of alkyl halides is 3. The van der Waals surface area contributed by atoms with Gasteiger partial charge in [-0.3, -0.25) is 9.78 Å². The van der Waals surface area contributed by atoms with Crippen molar-refractivity contribution in [3.05, 3.63) is 101 Å². The third-order valence-electron chi connectivity index (χ3n) is 6.75. The van der Waals surface area contributed by atoms with Gasteiger partial charge in [0.1, 0.15) is 17.9 Å². The van der Waals surface area contributed by atoms with Gasteiger partial charge >= 0.3 is 12.1 Å². The number of hydrogen-bond acceptors (Lipinski definition) is 6. The lowest BCUT2D eigenvalue weighted by atomic mass is 9.92. The van der Waals surface area contributed by atoms with E-state index in [4.69, 9.17) is 15.1 Å². The van der Waals surface area contributed by atoms with Crippen LogP contribution in [0.4, 0.5) is 18.9 Å². The van der Waals surface area contributed by atoms with Crippen molar-refractivity contribution in [3.63, 3.8) is 0 Å². The maximum atomic E-state index is 14.1. The lowest BCUT2D eigenvalue weighted by Crippen LogP contribution is -2.26. The number of carboxylic acid groups (broad SMARTS) is 1. The van der Waals surface area contributed by atoms with Crippen molar-refractivity contribution < 1.29 is 32.6 Å². The number of anilines is 1. The van der Waals surface area contributed by atoms with Crippen LogP contribution in [0.2, 0.25) is 0 Å². The van der Waals surface area contributed by atoms with Gasteiger partial charge in [-0.25, -0.2) is 9.48 Å². The van der Waals surface area contributed by atoms with E-state index in [0.29, 0.717) is 24.3 Å². The molecule has 9 nitrogen and oxygen atoms in total. The van der Waals surface area contributed by atoms with Crippen LogP contribution in [0.15, 0.2) is 67.0 Å². The minimum Gasteiger partial charge on any atom is -0.484 e. The molecule has 2 heterocycles. The zero-order chi connectivity index (χ0) is 29.3. The van der Waals surface area contributed by atoms with Gasteiger partial charge < -0.3 is 14.7 Å². The predicted octanol–water partition coefficient (Wildman–Crippen LogP) is 5.59. The van der Waals surface area contributed by atoms with Gasteiger partial charge in [0, 0.05) is 24.4 Å². The Balaban J connectivity index is 1.54. The number of ether oxygens (including phenoxy) is 1. The van der Waals surface area contributed by atoms with Crippen molar-refractivity contribution in [1.82, 2.24) is 14.8 Å². The van der Waals surface area contributed by atoms with Crippen molar-refractivity contribution in [2.45, 2.75) is 31.5 Å². The Kier molecular flexibility index (Phi) is 7.19. The first-order chi connectivity index (χ1) is 19.6. The van der Waals surface area contributed by atoms with Crippen molar-refractivity contribution in [2.24, 2.45) is 0 Å². The highest BCUT2D eigenvalue weighted by Crippen LogP contribution is 2.42. The molecule has 0 fully saturated rings. The molecule has 0 spiro atoms. The molecule has 0 radical (unpaired) electrons. The van der Waals surface area contributed by atoms with E-state index in [1.807, 2.05) is 6.07 Å². The topological polar surface area (TPSA) is 121 Å². The molecule has 4 aromatic rings. The number of carbonyl (C=O) groups excluding carboxylic acids is 1. The smallest absolute Gasteiger partial charge is 0.435 e. The van der Waals surface area contributed by atoms with Gasteiger partial charge in [-0.2, -0.15) is 23.5 Å². The van der Waals surface area contributed by atoms with E-state index in [2.05, 4.69) is 10.1 Å². The van der Waals surface area contributed by atoms with E-state index in [-0.39, 0.29) is 40.1 Å². The molecule has 208 valence electrons. The van der Waals surface area contributed by atoms with Gasteiger partial charge in [0.25, 0.3) is 5.91 Å². The first-order valence-electron chi connectivity index (χ1n) is 12.5. The van der Waals surface area contributed by atoms with Crippen LogP contribution in [-0.2, 0) is 12.6 Å². The average Bonchev–Trinajstić information content (AvgIpc) is 3.38. The van der Waals surface area contributed by atoms with E-state index >= 15 is 0 Å². The number of carboxylic acids is 1. The number of rotatable bonds is 6. The molecule has 0 saturated carbocycles. The quantitative estimate of drug-likeness (QED) is 0.326. The van der Waals surface area contributed by atoms with Gasteiger partial charge in [0.05, 0.1) is 34.4 Å². The minimum absolute atomic E-state index is 0.0177. The fourth-order valence-corrected chi connectivity index (χ4v) is 4.78. The van der Waals surface area contributed by atoms with E-state index in [1.54, 1.807) is 12.1 Å². The highest BCUT2D eigenvalue weighted by Gasteiger charge is 2.42. The number of pyridine rings is 1. The number of nitriles is 1. The molecule has 0 bridgehead atoms. The highest BCUT2D eigenvalue weighted by atomic mass is 19.4. The summed E-state index contributed by atoms with van der Waals surface area (Å²) in [5, 5.41) is 22.3. The normalized spacial score (nSPS) is 14.6. The van der Waals surface area contributed by atoms with Crippen LogP contribution in [-0.4, -0.2) is 38.8 Å². The summed E-state index contributed by atoms with van der Waals surface area (Å²) in [4.78, 5) is 29.7. The molecule has 2 aromatic heterocycles. The zero-order valence-corrected chi connectivity index (χ0v) is 21.6. The number of carbonyl (C=O) groups is 2. The van der Waals surface area contributed by atoms with Crippen LogP contribution in [0.1, 0.15) is 62.2 Å². The summed E-state index contributed by atoms with van der Waals surface area (Å²) in [6.07, 6.45) is -1.76. The highest BCUT2D eigenvalue weighted by molar-refractivity contribution is 6.06. The predicted molar refractivity (Wildman–Crippen MR) is 140 cm³/mol. The molecule has 5 rings (SSSR count). The Morgan fingerprint density at radius 3 is 2.56 bits per heavy atom. The fraction of sp³-hybridized carbons (Fsp3) is 0.207. The fourth-order valence-electron chi connectivity index (χ4n) is 4.78. The molecule has 12 heteroatoms. The number of halogens is 3. The molecule has 1 amide bonds. The third kappa shape index (κ3) is 5.47. The molecule has 41 heavy (non-hydrogen) atoms. The Morgan fingerprint density at radius 1 is 1.12 bits per heavy atom. The van der Waals surface area contributed by atoms with E-state index in [9.17, 15) is 22.8 Å². The van der Waals surface area contributed by atoms with Gasteiger partial charge in [-0.15, -0.1) is 0 Å². The number of hydrogen-bond donors (Lipinski definition) is 1. The maximum Gasteiger partial charge on any atom is 0.435 e. The summed E-state index contributed by atoms with van der Waals surface area (Å²) >= 11 is 0. The van der Waals surface area contributed by atoms with Crippen LogP contribution in [0.3, 0.4) is 0 Å². The number of aromatic nitrogens is 3. The number of benzene rings is 2. The van der Waals surface area contributed by atoms with Gasteiger partial charge in [-0.1, -0.05) is 6.07 Å². The molecular formula is C29H22F3N5O4. The standard InChI is InChI=1S/C29H22F3N5O4/c1-36(21-12-17(14-33)15-34-16-21)27(38)19-4-2-5-20(13-19)37-25-23(26(35-37)29(30,31)32)6-3-7-24(25)41-22-10-8-18(9-11-22)28(39)40/h2,4-5,8-13,15-16,24H,3,6-7H2,1H3,(H,39,40). The molecule has 1 N–H and O–H groups in total. The monoisotopic (exact) mass is 561 g/mol. The minimum atomic E-state index is -4.72. The molecule has 1 unspecified atom stereocenters. The van der Waals surface area contributed by atoms with E-state index < -0.39 is 29.9 Å². The summed E-state index contributed by atoms with van der Waals surface area (Å²) in [7, 11) is 1.50. The largest absolute Gasteiger partial charge is 0.484 e. The second-order valence-corrected chi connectivity index (χ2v) is 9.41. The Hall–Kier alpha value is -5.18. The lowest BCUT2D eigenvalue weighted by molar-refractivity contribution is -0.142. The van der Waals surface area contributed by atoms with Crippen LogP contribution >= 0.6 is 0 Å². The number of amides is 1. The van der Waals surface area contributed by atoms with Crippen LogP contribution < -0.4 is 9.64 Å². The second-order valence-electron chi connectivity index (χ2n) is 9.41. The average molecular weight is 562 g/mol. The molecular weight excluding hydrogens is 539 g/mol. The van der Waals surface area contributed by atoms with E-state index in [1.165, 1.54) is 71.5 Å². The zero-order valence-electron chi connectivity index (χ0n) is 21.6. The van der Waals surface area contributed by atoms with Crippen molar-refractivity contribution >= 4 is 17.6 Å². The molecule has 1 aliphatic rings.